The van der Waals surface area contributed by atoms with Gasteiger partial charge in [-0.3, -0.25) is 4.79 Å². The molecule has 1 aromatic rings. The summed E-state index contributed by atoms with van der Waals surface area (Å²) in [5.74, 6) is 0.0191. The summed E-state index contributed by atoms with van der Waals surface area (Å²) in [5, 5.41) is 10.1. The first kappa shape index (κ1) is 20.4. The summed E-state index contributed by atoms with van der Waals surface area (Å²) in [6.07, 6.45) is 0.906. The van der Waals surface area contributed by atoms with Crippen LogP contribution in [0.2, 0.25) is 18.1 Å². The van der Waals surface area contributed by atoms with Gasteiger partial charge in [-0.25, -0.2) is 0 Å². The van der Waals surface area contributed by atoms with Gasteiger partial charge in [-0.05, 0) is 70.4 Å². The van der Waals surface area contributed by atoms with Crippen LogP contribution in [0.3, 0.4) is 0 Å². The Morgan fingerprint density at radius 2 is 1.87 bits per heavy atom. The van der Waals surface area contributed by atoms with Gasteiger partial charge in [-0.2, -0.15) is 0 Å². The van der Waals surface area contributed by atoms with Crippen molar-refractivity contribution in [3.8, 4) is 5.75 Å². The first-order valence-electron chi connectivity index (χ1n) is 7.69. The van der Waals surface area contributed by atoms with Gasteiger partial charge in [0, 0.05) is 6.42 Å². The lowest BCUT2D eigenvalue weighted by Crippen LogP contribution is -2.40. The van der Waals surface area contributed by atoms with Crippen LogP contribution in [0, 0.1) is 3.57 Å². The van der Waals surface area contributed by atoms with Crippen molar-refractivity contribution < 1.29 is 19.1 Å². The number of benzene rings is 1. The van der Waals surface area contributed by atoms with Gasteiger partial charge in [-0.1, -0.05) is 20.8 Å². The second kappa shape index (κ2) is 7.98. The van der Waals surface area contributed by atoms with Crippen molar-refractivity contribution >= 4 is 36.9 Å². The lowest BCUT2D eigenvalue weighted by Gasteiger charge is -2.36. The maximum Gasteiger partial charge on any atom is 0.305 e. The quantitative estimate of drug-likeness (QED) is 0.390. The minimum Gasteiger partial charge on any atom is -0.507 e. The van der Waals surface area contributed by atoms with E-state index in [0.29, 0.717) is 19.4 Å². The third kappa shape index (κ3) is 5.76. The van der Waals surface area contributed by atoms with Crippen molar-refractivity contribution in [2.75, 3.05) is 7.11 Å². The summed E-state index contributed by atoms with van der Waals surface area (Å²) in [7, 11) is -0.475. The molecule has 1 rings (SSSR count). The lowest BCUT2D eigenvalue weighted by atomic mass is 10.0. The average molecular weight is 450 g/mol. The fraction of sp³-hybridized carbons (Fsp3) is 0.588. The number of carbonyl (C=O) groups excluding carboxylic acids is 1. The smallest absolute Gasteiger partial charge is 0.305 e. The molecule has 0 aromatic heterocycles. The van der Waals surface area contributed by atoms with Gasteiger partial charge in [-0.15, -0.1) is 0 Å². The first-order valence-corrected chi connectivity index (χ1v) is 11.7. The van der Waals surface area contributed by atoms with Gasteiger partial charge in [0.15, 0.2) is 8.32 Å². The number of esters is 1. The highest BCUT2D eigenvalue weighted by Crippen LogP contribution is 2.37. The molecular weight excluding hydrogens is 423 g/mol. The zero-order valence-corrected chi connectivity index (χ0v) is 18.0. The Morgan fingerprint density at radius 3 is 2.39 bits per heavy atom. The highest BCUT2D eigenvalue weighted by Gasteiger charge is 2.37. The van der Waals surface area contributed by atoms with Crippen molar-refractivity contribution in [2.45, 2.75) is 58.4 Å². The summed E-state index contributed by atoms with van der Waals surface area (Å²) in [5.41, 5.74) is 1.97. The van der Waals surface area contributed by atoms with Crippen molar-refractivity contribution in [2.24, 2.45) is 0 Å². The van der Waals surface area contributed by atoms with E-state index in [0.717, 1.165) is 14.7 Å². The topological polar surface area (TPSA) is 55.8 Å². The molecule has 1 aromatic carbocycles. The molecule has 4 nitrogen and oxygen atoms in total. The van der Waals surface area contributed by atoms with Gasteiger partial charge in [0.1, 0.15) is 5.75 Å². The zero-order chi connectivity index (χ0) is 17.8. The molecule has 0 fully saturated rings. The predicted octanol–water partition coefficient (Wildman–Crippen LogP) is 4.62. The molecule has 0 saturated heterocycles. The van der Waals surface area contributed by atoms with Crippen molar-refractivity contribution in [3.05, 3.63) is 26.8 Å². The van der Waals surface area contributed by atoms with E-state index in [4.69, 9.17) is 9.16 Å². The number of hydrogen-bond acceptors (Lipinski definition) is 4. The molecule has 0 bridgehead atoms. The molecule has 0 heterocycles. The highest BCUT2D eigenvalue weighted by molar-refractivity contribution is 14.1. The first-order chi connectivity index (χ1) is 10.5. The number of aryl methyl sites for hydroxylation is 1. The molecule has 0 aliphatic carbocycles. The maximum atomic E-state index is 11.4. The number of carbonyl (C=O) groups is 1. The number of phenols is 1. The zero-order valence-electron chi connectivity index (χ0n) is 14.8. The van der Waals surface area contributed by atoms with Crippen LogP contribution < -0.4 is 0 Å². The van der Waals surface area contributed by atoms with Gasteiger partial charge in [0.05, 0.1) is 17.3 Å². The Kier molecular flexibility index (Phi) is 7.09. The molecule has 1 N–H and O–H groups in total. The summed E-state index contributed by atoms with van der Waals surface area (Å²) in [6.45, 7) is 11.5. The average Bonchev–Trinajstić information content (AvgIpc) is 2.44. The normalized spacial score (nSPS) is 12.3. The molecule has 130 valence electrons. The Morgan fingerprint density at radius 1 is 1.26 bits per heavy atom. The van der Waals surface area contributed by atoms with Crippen LogP contribution in [-0.2, 0) is 27.0 Å². The summed E-state index contributed by atoms with van der Waals surface area (Å²) in [6, 6.07) is 3.67. The number of halogens is 1. The van der Waals surface area contributed by atoms with Gasteiger partial charge in [0.2, 0.25) is 0 Å². The number of rotatable bonds is 6. The van der Waals surface area contributed by atoms with Crippen LogP contribution >= 0.6 is 22.6 Å². The molecule has 0 spiro atoms. The third-order valence-corrected chi connectivity index (χ3v) is 9.83. The second-order valence-corrected chi connectivity index (χ2v) is 13.2. The number of methoxy groups -OCH3 is 1. The molecule has 23 heavy (non-hydrogen) atoms. The van der Waals surface area contributed by atoms with E-state index in [1.165, 1.54) is 7.11 Å². The van der Waals surface area contributed by atoms with E-state index in [1.807, 2.05) is 6.07 Å². The van der Waals surface area contributed by atoms with Crippen LogP contribution in [0.25, 0.3) is 0 Å². The number of phenolic OH excluding ortho intramolecular Hbond substituents is 1. The number of ether oxygens (including phenoxy) is 1. The van der Waals surface area contributed by atoms with Gasteiger partial charge in [0.25, 0.3) is 0 Å². The SMILES string of the molecule is COC(=O)CCc1cc(I)c(O)cc1CO[Si](C)(C)C(C)(C)C. The largest absolute Gasteiger partial charge is 0.507 e. The Labute approximate surface area is 153 Å². The second-order valence-electron chi connectivity index (χ2n) is 7.20. The molecule has 0 aliphatic rings. The van der Waals surface area contributed by atoms with E-state index in [1.54, 1.807) is 6.07 Å². The van der Waals surface area contributed by atoms with E-state index >= 15 is 0 Å². The minimum atomic E-state index is -1.87. The number of hydrogen-bond donors (Lipinski definition) is 1. The summed E-state index contributed by atoms with van der Waals surface area (Å²) < 4.78 is 11.7. The molecule has 0 aliphatic heterocycles. The molecule has 0 radical (unpaired) electrons. The molecule has 0 unspecified atom stereocenters. The molecule has 0 saturated carbocycles. The molecule has 0 amide bonds. The van der Waals surface area contributed by atoms with Crippen LogP contribution in [0.5, 0.6) is 5.75 Å². The maximum absolute atomic E-state index is 11.4. The Hall–Kier alpha value is -0.603. The highest BCUT2D eigenvalue weighted by atomic mass is 127. The minimum absolute atomic E-state index is 0.129. The van der Waals surface area contributed by atoms with E-state index in [9.17, 15) is 9.90 Å². The Bertz CT molecular complexity index is 564. The summed E-state index contributed by atoms with van der Waals surface area (Å²) >= 11 is 2.09. The van der Waals surface area contributed by atoms with Gasteiger partial charge < -0.3 is 14.3 Å². The third-order valence-electron chi connectivity index (χ3n) is 4.49. The molecule has 6 heteroatoms. The fourth-order valence-corrected chi connectivity index (χ4v) is 3.31. The fourth-order valence-electron chi connectivity index (χ4n) is 1.83. The molecular formula is C17H27IO4Si. The van der Waals surface area contributed by atoms with E-state index in [2.05, 4.69) is 56.5 Å². The van der Waals surface area contributed by atoms with E-state index < -0.39 is 8.32 Å². The van der Waals surface area contributed by atoms with Crippen molar-refractivity contribution in [3.63, 3.8) is 0 Å². The van der Waals surface area contributed by atoms with Crippen molar-refractivity contribution in [1.29, 1.82) is 0 Å². The summed E-state index contributed by atoms with van der Waals surface area (Å²) in [4.78, 5) is 11.4. The van der Waals surface area contributed by atoms with Crippen LogP contribution in [-0.4, -0.2) is 26.5 Å². The monoisotopic (exact) mass is 450 g/mol. The van der Waals surface area contributed by atoms with Crippen LogP contribution in [0.4, 0.5) is 0 Å². The van der Waals surface area contributed by atoms with E-state index in [-0.39, 0.29) is 16.8 Å². The number of aromatic hydroxyl groups is 1. The lowest BCUT2D eigenvalue weighted by molar-refractivity contribution is -0.140. The Balaban J connectivity index is 2.96. The van der Waals surface area contributed by atoms with Crippen LogP contribution in [0.15, 0.2) is 12.1 Å². The predicted molar refractivity (Wildman–Crippen MR) is 103 cm³/mol. The standard InChI is InChI=1S/C17H27IO4Si/c1-17(2,3)23(5,6)22-11-13-10-15(19)14(18)9-12(13)7-8-16(20)21-4/h9-10,19H,7-8,11H2,1-6H3. The van der Waals surface area contributed by atoms with Crippen molar-refractivity contribution in [1.82, 2.24) is 0 Å². The van der Waals surface area contributed by atoms with Crippen LogP contribution in [0.1, 0.15) is 38.3 Å². The molecule has 0 atom stereocenters. The van der Waals surface area contributed by atoms with Gasteiger partial charge >= 0.3 is 5.97 Å².